The molecule has 2 N–H and O–H groups in total. The summed E-state index contributed by atoms with van der Waals surface area (Å²) in [4.78, 5) is 23.6. The highest BCUT2D eigenvalue weighted by molar-refractivity contribution is 5.95. The number of hydrogen-bond acceptors (Lipinski definition) is 3. The van der Waals surface area contributed by atoms with Gasteiger partial charge in [-0.15, -0.1) is 0 Å². The van der Waals surface area contributed by atoms with Crippen molar-refractivity contribution in [1.82, 2.24) is 9.88 Å². The van der Waals surface area contributed by atoms with Crippen LogP contribution in [0.2, 0.25) is 0 Å². The molecule has 0 radical (unpaired) electrons. The molecule has 1 aliphatic rings. The summed E-state index contributed by atoms with van der Waals surface area (Å²) < 4.78 is 1.45. The normalized spacial score (nSPS) is 21.9. The number of hydrogen-bond donors (Lipinski definition) is 2. The second-order valence-corrected chi connectivity index (χ2v) is 5.84. The van der Waals surface area contributed by atoms with Gasteiger partial charge in [-0.2, -0.15) is 0 Å². The van der Waals surface area contributed by atoms with Crippen LogP contribution >= 0.6 is 0 Å². The second kappa shape index (κ2) is 5.17. The molecule has 5 heteroatoms. The third-order valence-corrected chi connectivity index (χ3v) is 3.74. The average Bonchev–Trinajstić information content (AvgIpc) is 2.33. The number of piperidine rings is 1. The highest BCUT2D eigenvalue weighted by Crippen LogP contribution is 2.30. The Morgan fingerprint density at radius 2 is 2.21 bits per heavy atom. The van der Waals surface area contributed by atoms with Crippen molar-refractivity contribution >= 4 is 11.6 Å². The molecule has 1 atom stereocenters. The van der Waals surface area contributed by atoms with Crippen molar-refractivity contribution in [2.45, 2.75) is 32.7 Å². The summed E-state index contributed by atoms with van der Waals surface area (Å²) in [6.45, 7) is 5.07. The molecule has 0 spiro atoms. The number of aromatic nitrogens is 1. The maximum atomic E-state index is 12.3. The van der Waals surface area contributed by atoms with Gasteiger partial charge in [-0.1, -0.05) is 13.8 Å². The first-order chi connectivity index (χ1) is 8.90. The number of carbonyl (C=O) groups excluding carboxylic acids is 1. The van der Waals surface area contributed by atoms with Gasteiger partial charge in [-0.3, -0.25) is 9.59 Å². The third kappa shape index (κ3) is 3.04. The Hall–Kier alpha value is -1.62. The van der Waals surface area contributed by atoms with Gasteiger partial charge in [-0.05, 0) is 30.9 Å². The Morgan fingerprint density at radius 3 is 2.84 bits per heavy atom. The Labute approximate surface area is 113 Å². The minimum atomic E-state index is -0.196. The van der Waals surface area contributed by atoms with Crippen molar-refractivity contribution in [2.24, 2.45) is 12.5 Å². The lowest BCUT2D eigenvalue weighted by Crippen LogP contribution is -2.53. The van der Waals surface area contributed by atoms with Crippen LogP contribution in [0, 0.1) is 5.41 Å². The molecule has 1 unspecified atom stereocenters. The van der Waals surface area contributed by atoms with Gasteiger partial charge in [0.25, 0.3) is 0 Å². The number of carbonyl (C=O) groups is 1. The monoisotopic (exact) mass is 263 g/mol. The van der Waals surface area contributed by atoms with E-state index in [2.05, 4.69) is 24.5 Å². The number of nitrogens with zero attached hydrogens (tertiary/aromatic N) is 1. The van der Waals surface area contributed by atoms with Gasteiger partial charge in [0.1, 0.15) is 0 Å². The van der Waals surface area contributed by atoms with E-state index in [-0.39, 0.29) is 22.9 Å². The highest BCUT2D eigenvalue weighted by atomic mass is 16.2. The zero-order chi connectivity index (χ0) is 14.0. The fraction of sp³-hybridized carbons (Fsp3) is 0.571. The van der Waals surface area contributed by atoms with Crippen molar-refractivity contribution in [3.8, 4) is 0 Å². The minimum Gasteiger partial charge on any atom is -0.323 e. The van der Waals surface area contributed by atoms with Crippen LogP contribution < -0.4 is 16.2 Å². The lowest BCUT2D eigenvalue weighted by molar-refractivity contribution is -0.121. The molecule has 1 aromatic rings. The standard InChI is InChI=1S/C14H21N3O2/c1-14(2)7-4-8-15-12(14)13(19)16-10-5-6-11(18)17(3)9-10/h5-6,9,12,15H,4,7-8H2,1-3H3,(H,16,19). The van der Waals surface area contributed by atoms with Crippen LogP contribution in [-0.2, 0) is 11.8 Å². The van der Waals surface area contributed by atoms with Crippen LogP contribution in [0.3, 0.4) is 0 Å². The molecule has 2 heterocycles. The van der Waals surface area contributed by atoms with Crippen molar-refractivity contribution in [2.75, 3.05) is 11.9 Å². The van der Waals surface area contributed by atoms with Crippen LogP contribution in [0.25, 0.3) is 0 Å². The molecule has 1 amide bonds. The molecular weight excluding hydrogens is 242 g/mol. The van der Waals surface area contributed by atoms with Gasteiger partial charge in [0.2, 0.25) is 11.5 Å². The van der Waals surface area contributed by atoms with Crippen molar-refractivity contribution in [3.63, 3.8) is 0 Å². The summed E-state index contributed by atoms with van der Waals surface area (Å²) in [6, 6.07) is 2.89. The number of aryl methyl sites for hydroxylation is 1. The molecule has 5 nitrogen and oxygen atoms in total. The zero-order valence-corrected chi connectivity index (χ0v) is 11.7. The molecule has 1 saturated heterocycles. The van der Waals surface area contributed by atoms with Crippen molar-refractivity contribution < 1.29 is 4.79 Å². The zero-order valence-electron chi connectivity index (χ0n) is 11.7. The van der Waals surface area contributed by atoms with Crippen molar-refractivity contribution in [3.05, 3.63) is 28.7 Å². The molecule has 0 bridgehead atoms. The van der Waals surface area contributed by atoms with E-state index in [1.807, 2.05) is 0 Å². The summed E-state index contributed by atoms with van der Waals surface area (Å²) in [6.07, 6.45) is 3.76. The molecule has 0 saturated carbocycles. The molecule has 1 fully saturated rings. The van der Waals surface area contributed by atoms with E-state index in [0.29, 0.717) is 5.69 Å². The van der Waals surface area contributed by atoms with E-state index in [9.17, 15) is 9.59 Å². The molecule has 0 aliphatic carbocycles. The second-order valence-electron chi connectivity index (χ2n) is 5.84. The predicted octanol–water partition coefficient (Wildman–Crippen LogP) is 1.10. The van der Waals surface area contributed by atoms with Gasteiger partial charge < -0.3 is 15.2 Å². The van der Waals surface area contributed by atoms with Gasteiger partial charge in [0.05, 0.1) is 11.7 Å². The molecular formula is C14H21N3O2. The van der Waals surface area contributed by atoms with Crippen LogP contribution in [0.4, 0.5) is 5.69 Å². The molecule has 0 aromatic carbocycles. The first-order valence-corrected chi connectivity index (χ1v) is 6.61. The maximum absolute atomic E-state index is 12.3. The first-order valence-electron chi connectivity index (χ1n) is 6.61. The van der Waals surface area contributed by atoms with E-state index in [1.54, 1.807) is 19.3 Å². The SMILES string of the molecule is Cn1cc(NC(=O)C2NCCCC2(C)C)ccc1=O. The summed E-state index contributed by atoms with van der Waals surface area (Å²) in [7, 11) is 1.67. The van der Waals surface area contributed by atoms with E-state index < -0.39 is 0 Å². The lowest BCUT2D eigenvalue weighted by atomic mass is 9.77. The van der Waals surface area contributed by atoms with Gasteiger partial charge in [0.15, 0.2) is 0 Å². The van der Waals surface area contributed by atoms with Crippen LogP contribution in [0.5, 0.6) is 0 Å². The largest absolute Gasteiger partial charge is 0.323 e. The summed E-state index contributed by atoms with van der Waals surface area (Å²) in [5.74, 6) is -0.0386. The Morgan fingerprint density at radius 1 is 1.47 bits per heavy atom. The predicted molar refractivity (Wildman–Crippen MR) is 75.1 cm³/mol. The molecule has 1 aromatic heterocycles. The van der Waals surface area contributed by atoms with E-state index in [1.165, 1.54) is 10.6 Å². The number of nitrogens with one attached hydrogen (secondary N) is 2. The number of pyridine rings is 1. The van der Waals surface area contributed by atoms with Gasteiger partial charge >= 0.3 is 0 Å². The van der Waals surface area contributed by atoms with Crippen LogP contribution in [0.15, 0.2) is 23.1 Å². The van der Waals surface area contributed by atoms with E-state index in [0.717, 1.165) is 19.4 Å². The van der Waals surface area contributed by atoms with Gasteiger partial charge in [-0.25, -0.2) is 0 Å². The first kappa shape index (κ1) is 13.8. The average molecular weight is 263 g/mol. The van der Waals surface area contributed by atoms with E-state index in [4.69, 9.17) is 0 Å². The fourth-order valence-corrected chi connectivity index (χ4v) is 2.54. The lowest BCUT2D eigenvalue weighted by Gasteiger charge is -2.38. The molecule has 19 heavy (non-hydrogen) atoms. The highest BCUT2D eigenvalue weighted by Gasteiger charge is 2.37. The summed E-state index contributed by atoms with van der Waals surface area (Å²) >= 11 is 0. The molecule has 1 aliphatic heterocycles. The quantitative estimate of drug-likeness (QED) is 0.840. The molecule has 104 valence electrons. The number of anilines is 1. The third-order valence-electron chi connectivity index (χ3n) is 3.74. The summed E-state index contributed by atoms with van der Waals surface area (Å²) in [5.41, 5.74) is 0.507. The Bertz CT molecular complexity index is 534. The topological polar surface area (TPSA) is 63.1 Å². The fourth-order valence-electron chi connectivity index (χ4n) is 2.54. The summed E-state index contributed by atoms with van der Waals surface area (Å²) in [5, 5.41) is 6.15. The Kier molecular flexibility index (Phi) is 3.75. The maximum Gasteiger partial charge on any atom is 0.250 e. The number of amides is 1. The molecule has 2 rings (SSSR count). The Balaban J connectivity index is 2.12. The minimum absolute atomic E-state index is 0.0386. The van der Waals surface area contributed by atoms with Crippen molar-refractivity contribution in [1.29, 1.82) is 0 Å². The van der Waals surface area contributed by atoms with E-state index >= 15 is 0 Å². The van der Waals surface area contributed by atoms with Gasteiger partial charge in [0, 0.05) is 19.3 Å². The van der Waals surface area contributed by atoms with Crippen LogP contribution in [-0.4, -0.2) is 23.1 Å². The van der Waals surface area contributed by atoms with Crippen LogP contribution in [0.1, 0.15) is 26.7 Å². The number of rotatable bonds is 2. The smallest absolute Gasteiger partial charge is 0.250 e.